The van der Waals surface area contributed by atoms with Crippen molar-refractivity contribution in [2.24, 2.45) is 0 Å². The van der Waals surface area contributed by atoms with Crippen LogP contribution in [0.1, 0.15) is 64.7 Å². The molecule has 1 aromatic carbocycles. The average Bonchev–Trinajstić information content (AvgIpc) is 3.38. The third-order valence-corrected chi connectivity index (χ3v) is 5.63. The van der Waals surface area contributed by atoms with Crippen molar-refractivity contribution >= 4 is 28.5 Å². The highest BCUT2D eigenvalue weighted by Gasteiger charge is 2.24. The van der Waals surface area contributed by atoms with Crippen molar-refractivity contribution in [2.75, 3.05) is 18.4 Å². The number of fused-ring (bicyclic) bond motifs is 1. The molecule has 0 radical (unpaired) electrons. The van der Waals surface area contributed by atoms with Gasteiger partial charge in [0, 0.05) is 24.5 Å². The minimum atomic E-state index is -0.274. The molecule has 0 aliphatic carbocycles. The van der Waals surface area contributed by atoms with Crippen molar-refractivity contribution in [3.8, 4) is 0 Å². The average molecular weight is 406 g/mol. The predicted molar refractivity (Wildman–Crippen MR) is 117 cm³/mol. The van der Waals surface area contributed by atoms with E-state index in [9.17, 15) is 9.59 Å². The zero-order valence-electron chi connectivity index (χ0n) is 17.9. The molecule has 0 bridgehead atoms. The van der Waals surface area contributed by atoms with Gasteiger partial charge in [-0.25, -0.2) is 9.67 Å². The lowest BCUT2D eigenvalue weighted by Gasteiger charge is -2.19. The molecule has 0 unspecified atom stereocenters. The summed E-state index contributed by atoms with van der Waals surface area (Å²) in [5.74, 6) is -0.307. The van der Waals surface area contributed by atoms with Gasteiger partial charge >= 0.3 is 0 Å². The van der Waals surface area contributed by atoms with Crippen molar-refractivity contribution in [3.63, 3.8) is 0 Å². The molecule has 1 aliphatic rings. The minimum Gasteiger partial charge on any atom is -0.339 e. The number of likely N-dealkylation sites (tertiary alicyclic amines) is 1. The summed E-state index contributed by atoms with van der Waals surface area (Å²) in [4.78, 5) is 32.6. The summed E-state index contributed by atoms with van der Waals surface area (Å²) in [7, 11) is 0. The molecule has 4 rings (SSSR count). The summed E-state index contributed by atoms with van der Waals surface area (Å²) < 4.78 is 1.85. The quantitative estimate of drug-likeness (QED) is 0.708. The van der Waals surface area contributed by atoms with Gasteiger partial charge in [0.1, 0.15) is 0 Å². The third-order valence-electron chi connectivity index (χ3n) is 5.63. The maximum absolute atomic E-state index is 13.2. The maximum Gasteiger partial charge on any atom is 0.257 e. The Morgan fingerprint density at radius 3 is 2.53 bits per heavy atom. The summed E-state index contributed by atoms with van der Waals surface area (Å²) in [6.45, 7) is 9.33. The number of pyridine rings is 1. The van der Waals surface area contributed by atoms with E-state index >= 15 is 0 Å². The number of nitrogens with zero attached hydrogens (tertiary/aromatic N) is 4. The SMILES string of the molecule is Cc1cccc(C(=O)N2CCCC2)c1NC(=O)c1cc2cnn(C(C)C)c2nc1C. The number of carbonyl (C=O) groups excluding carboxylic acids is 2. The van der Waals surface area contributed by atoms with Gasteiger partial charge in [0.15, 0.2) is 5.65 Å². The second kappa shape index (κ2) is 7.89. The first kappa shape index (κ1) is 20.1. The Hall–Kier alpha value is -3.22. The van der Waals surface area contributed by atoms with Crippen LogP contribution < -0.4 is 5.32 Å². The number of hydrogen-bond acceptors (Lipinski definition) is 4. The van der Waals surface area contributed by atoms with E-state index in [4.69, 9.17) is 0 Å². The van der Waals surface area contributed by atoms with Crippen LogP contribution in [0.3, 0.4) is 0 Å². The molecule has 3 aromatic rings. The van der Waals surface area contributed by atoms with Crippen LogP contribution >= 0.6 is 0 Å². The second-order valence-corrected chi connectivity index (χ2v) is 8.17. The first-order valence-electron chi connectivity index (χ1n) is 10.4. The molecule has 1 aliphatic heterocycles. The predicted octanol–water partition coefficient (Wildman–Crippen LogP) is 4.12. The Bertz CT molecular complexity index is 1130. The van der Waals surface area contributed by atoms with Gasteiger partial charge in [-0.3, -0.25) is 9.59 Å². The monoisotopic (exact) mass is 405 g/mol. The number of para-hydroxylation sites is 1. The van der Waals surface area contributed by atoms with E-state index < -0.39 is 0 Å². The largest absolute Gasteiger partial charge is 0.339 e. The minimum absolute atomic E-state index is 0.0324. The molecule has 3 heterocycles. The summed E-state index contributed by atoms with van der Waals surface area (Å²) in [5.41, 5.74) is 3.82. The number of rotatable bonds is 4. The Labute approximate surface area is 176 Å². The lowest BCUT2D eigenvalue weighted by Crippen LogP contribution is -2.29. The molecule has 0 saturated carbocycles. The molecule has 0 atom stereocenters. The Balaban J connectivity index is 1.67. The Morgan fingerprint density at radius 1 is 1.10 bits per heavy atom. The molecule has 30 heavy (non-hydrogen) atoms. The van der Waals surface area contributed by atoms with Gasteiger partial charge in [-0.2, -0.15) is 5.10 Å². The van der Waals surface area contributed by atoms with Gasteiger partial charge in [0.05, 0.1) is 28.7 Å². The van der Waals surface area contributed by atoms with Crippen LogP contribution in [-0.4, -0.2) is 44.6 Å². The zero-order chi connectivity index (χ0) is 21.4. The molecule has 1 saturated heterocycles. The molecule has 2 aromatic heterocycles. The van der Waals surface area contributed by atoms with Crippen molar-refractivity contribution < 1.29 is 9.59 Å². The smallest absolute Gasteiger partial charge is 0.257 e. The highest BCUT2D eigenvalue weighted by molar-refractivity contribution is 6.11. The van der Waals surface area contributed by atoms with Gasteiger partial charge in [0.25, 0.3) is 11.8 Å². The highest BCUT2D eigenvalue weighted by atomic mass is 16.2. The fourth-order valence-corrected chi connectivity index (χ4v) is 3.96. The van der Waals surface area contributed by atoms with E-state index in [1.54, 1.807) is 12.3 Å². The molecular weight excluding hydrogens is 378 g/mol. The van der Waals surface area contributed by atoms with Crippen LogP contribution in [-0.2, 0) is 0 Å². The standard InChI is InChI=1S/C23H27N5O2/c1-14(2)28-21-17(13-24-28)12-19(16(4)25-21)22(29)26-20-15(3)8-7-9-18(20)23(30)27-10-5-6-11-27/h7-9,12-14H,5-6,10-11H2,1-4H3,(H,26,29). The van der Waals surface area contributed by atoms with Crippen LogP contribution in [0.5, 0.6) is 0 Å². The highest BCUT2D eigenvalue weighted by Crippen LogP contribution is 2.26. The number of aryl methyl sites for hydroxylation is 2. The van der Waals surface area contributed by atoms with Crippen LogP contribution in [0, 0.1) is 13.8 Å². The molecule has 0 spiro atoms. The topological polar surface area (TPSA) is 80.1 Å². The summed E-state index contributed by atoms with van der Waals surface area (Å²) >= 11 is 0. The Morgan fingerprint density at radius 2 is 1.83 bits per heavy atom. The molecule has 1 N–H and O–H groups in total. The van der Waals surface area contributed by atoms with E-state index in [2.05, 4.69) is 15.4 Å². The van der Waals surface area contributed by atoms with Crippen LogP contribution in [0.15, 0.2) is 30.5 Å². The molecule has 7 heteroatoms. The van der Waals surface area contributed by atoms with Gasteiger partial charge in [-0.1, -0.05) is 12.1 Å². The lowest BCUT2D eigenvalue weighted by molar-refractivity contribution is 0.0793. The molecule has 2 amide bonds. The van der Waals surface area contributed by atoms with Crippen LogP contribution in [0.2, 0.25) is 0 Å². The molecule has 1 fully saturated rings. The third kappa shape index (κ3) is 3.56. The number of anilines is 1. The fourth-order valence-electron chi connectivity index (χ4n) is 3.96. The fraction of sp³-hybridized carbons (Fsp3) is 0.391. The Kier molecular flexibility index (Phi) is 5.28. The molecule has 156 valence electrons. The summed E-state index contributed by atoms with van der Waals surface area (Å²) in [6.07, 6.45) is 3.77. The second-order valence-electron chi connectivity index (χ2n) is 8.17. The lowest BCUT2D eigenvalue weighted by atomic mass is 10.1. The first-order valence-corrected chi connectivity index (χ1v) is 10.4. The summed E-state index contributed by atoms with van der Waals surface area (Å²) in [5, 5.41) is 8.19. The number of amides is 2. The maximum atomic E-state index is 13.2. The first-order chi connectivity index (χ1) is 14.4. The van der Waals surface area contributed by atoms with Crippen molar-refractivity contribution in [1.82, 2.24) is 19.7 Å². The number of nitrogens with one attached hydrogen (secondary N) is 1. The van der Waals surface area contributed by atoms with Crippen molar-refractivity contribution in [1.29, 1.82) is 0 Å². The summed E-state index contributed by atoms with van der Waals surface area (Å²) in [6, 6.07) is 7.54. The zero-order valence-corrected chi connectivity index (χ0v) is 17.9. The molecule has 7 nitrogen and oxygen atoms in total. The normalized spacial score (nSPS) is 14.0. The van der Waals surface area contributed by atoms with E-state index in [1.165, 1.54) is 0 Å². The van der Waals surface area contributed by atoms with Gasteiger partial charge < -0.3 is 10.2 Å². The van der Waals surface area contributed by atoms with E-state index in [1.807, 2.05) is 55.5 Å². The van der Waals surface area contributed by atoms with E-state index in [0.29, 0.717) is 22.5 Å². The number of benzene rings is 1. The van der Waals surface area contributed by atoms with Crippen molar-refractivity contribution in [3.05, 3.63) is 52.8 Å². The van der Waals surface area contributed by atoms with Gasteiger partial charge in [-0.05, 0) is 58.2 Å². The van der Waals surface area contributed by atoms with Crippen LogP contribution in [0.4, 0.5) is 5.69 Å². The van der Waals surface area contributed by atoms with E-state index in [-0.39, 0.29) is 17.9 Å². The number of carbonyl (C=O) groups is 2. The molecular formula is C23H27N5O2. The number of aromatic nitrogens is 3. The van der Waals surface area contributed by atoms with Crippen LogP contribution in [0.25, 0.3) is 11.0 Å². The number of hydrogen-bond donors (Lipinski definition) is 1. The van der Waals surface area contributed by atoms with Gasteiger partial charge in [-0.15, -0.1) is 0 Å². The van der Waals surface area contributed by atoms with E-state index in [0.717, 1.165) is 42.5 Å². The van der Waals surface area contributed by atoms with Gasteiger partial charge in [0.2, 0.25) is 0 Å². The van der Waals surface area contributed by atoms with Crippen molar-refractivity contribution in [2.45, 2.75) is 46.6 Å².